The number of aromatic amines is 1. The molecule has 2 N–H and O–H groups in total. The first-order valence-electron chi connectivity index (χ1n) is 8.05. The molecule has 1 aliphatic rings. The van der Waals surface area contributed by atoms with Gasteiger partial charge in [0.1, 0.15) is 5.82 Å². The van der Waals surface area contributed by atoms with E-state index in [1.807, 2.05) is 35.2 Å². The fourth-order valence-electron chi connectivity index (χ4n) is 2.95. The second kappa shape index (κ2) is 6.72. The number of carbonyl (C=O) groups excluding carboxylic acids is 1. The standard InChI is InChI=1S/C17H17BrN6O/c18-14-2-1-5-19-16(14)23-6-8-24(9-7-23)17(25)21-13-4-3-12-11-20-22-15(12)10-13/h1-5,10-11H,6-9H2,(H,20,22)(H,21,25). The molecule has 1 saturated heterocycles. The molecule has 7 nitrogen and oxygen atoms in total. The minimum absolute atomic E-state index is 0.0846. The molecule has 4 rings (SSSR count). The maximum Gasteiger partial charge on any atom is 0.321 e. The molecule has 3 aromatic rings. The lowest BCUT2D eigenvalue weighted by Gasteiger charge is -2.35. The molecular formula is C17H17BrN6O. The second-order valence-corrected chi connectivity index (χ2v) is 6.74. The smallest absolute Gasteiger partial charge is 0.321 e. The van der Waals surface area contributed by atoms with E-state index in [0.717, 1.165) is 40.0 Å². The van der Waals surface area contributed by atoms with Gasteiger partial charge >= 0.3 is 6.03 Å². The van der Waals surface area contributed by atoms with Gasteiger partial charge in [0.15, 0.2) is 0 Å². The molecule has 0 aliphatic carbocycles. The highest BCUT2D eigenvalue weighted by Gasteiger charge is 2.23. The van der Waals surface area contributed by atoms with Crippen molar-refractivity contribution in [1.29, 1.82) is 0 Å². The summed E-state index contributed by atoms with van der Waals surface area (Å²) in [5.41, 5.74) is 1.67. The van der Waals surface area contributed by atoms with E-state index in [1.54, 1.807) is 12.4 Å². The van der Waals surface area contributed by atoms with Crippen molar-refractivity contribution < 1.29 is 4.79 Å². The molecule has 0 saturated carbocycles. The van der Waals surface area contributed by atoms with Crippen LogP contribution >= 0.6 is 15.9 Å². The number of anilines is 2. The lowest BCUT2D eigenvalue weighted by Crippen LogP contribution is -2.50. The van der Waals surface area contributed by atoms with Crippen LogP contribution in [0.4, 0.5) is 16.3 Å². The Morgan fingerprint density at radius 3 is 2.84 bits per heavy atom. The predicted molar refractivity (Wildman–Crippen MR) is 101 cm³/mol. The van der Waals surface area contributed by atoms with Crippen LogP contribution in [-0.4, -0.2) is 52.3 Å². The number of hydrogen-bond donors (Lipinski definition) is 2. The zero-order valence-corrected chi connectivity index (χ0v) is 15.0. The maximum atomic E-state index is 12.5. The van der Waals surface area contributed by atoms with Crippen molar-refractivity contribution in [2.45, 2.75) is 0 Å². The van der Waals surface area contributed by atoms with Crippen LogP contribution in [0.2, 0.25) is 0 Å². The summed E-state index contributed by atoms with van der Waals surface area (Å²) < 4.78 is 0.973. The molecule has 0 bridgehead atoms. The van der Waals surface area contributed by atoms with Gasteiger partial charge in [-0.1, -0.05) is 0 Å². The number of urea groups is 1. The van der Waals surface area contributed by atoms with Gasteiger partial charge in [-0.3, -0.25) is 5.10 Å². The number of fused-ring (bicyclic) bond motifs is 1. The first kappa shape index (κ1) is 15.9. The summed E-state index contributed by atoms with van der Waals surface area (Å²) in [6, 6.07) is 9.50. The van der Waals surface area contributed by atoms with Crippen LogP contribution in [0.25, 0.3) is 10.9 Å². The fraction of sp³-hybridized carbons (Fsp3) is 0.235. The lowest BCUT2D eigenvalue weighted by atomic mass is 10.2. The largest absolute Gasteiger partial charge is 0.352 e. The van der Waals surface area contributed by atoms with E-state index >= 15 is 0 Å². The third kappa shape index (κ3) is 3.30. The average molecular weight is 401 g/mol. The highest BCUT2D eigenvalue weighted by Crippen LogP contribution is 2.24. The predicted octanol–water partition coefficient (Wildman–Crippen LogP) is 3.07. The summed E-state index contributed by atoms with van der Waals surface area (Å²) >= 11 is 3.53. The highest BCUT2D eigenvalue weighted by atomic mass is 79.9. The number of amides is 2. The summed E-state index contributed by atoms with van der Waals surface area (Å²) in [6.45, 7) is 2.81. The van der Waals surface area contributed by atoms with Crippen LogP contribution in [0.1, 0.15) is 0 Å². The summed E-state index contributed by atoms with van der Waals surface area (Å²) in [5.74, 6) is 0.923. The van der Waals surface area contributed by atoms with Crippen LogP contribution in [0, 0.1) is 0 Å². The minimum Gasteiger partial charge on any atom is -0.352 e. The molecule has 0 atom stereocenters. The van der Waals surface area contributed by atoms with Crippen molar-refractivity contribution in [2.24, 2.45) is 0 Å². The van der Waals surface area contributed by atoms with E-state index in [0.29, 0.717) is 13.1 Å². The monoisotopic (exact) mass is 400 g/mol. The van der Waals surface area contributed by atoms with E-state index in [2.05, 4.69) is 41.3 Å². The number of nitrogens with one attached hydrogen (secondary N) is 2. The van der Waals surface area contributed by atoms with Crippen molar-refractivity contribution in [2.75, 3.05) is 36.4 Å². The molecule has 128 valence electrons. The number of nitrogens with zero attached hydrogens (tertiary/aromatic N) is 4. The Kier molecular flexibility index (Phi) is 4.27. The number of carbonyl (C=O) groups is 1. The molecular weight excluding hydrogens is 384 g/mol. The van der Waals surface area contributed by atoms with Gasteiger partial charge in [-0.2, -0.15) is 5.10 Å². The fourth-order valence-corrected chi connectivity index (χ4v) is 3.45. The number of piperazine rings is 1. The summed E-state index contributed by atoms with van der Waals surface area (Å²) in [6.07, 6.45) is 3.54. The van der Waals surface area contributed by atoms with Gasteiger partial charge in [0, 0.05) is 43.4 Å². The molecule has 25 heavy (non-hydrogen) atoms. The van der Waals surface area contributed by atoms with Gasteiger partial charge in [0.2, 0.25) is 0 Å². The molecule has 0 spiro atoms. The Bertz CT molecular complexity index is 903. The van der Waals surface area contributed by atoms with Crippen molar-refractivity contribution in [3.05, 3.63) is 47.2 Å². The zero-order valence-electron chi connectivity index (χ0n) is 13.4. The molecule has 1 fully saturated rings. The first-order chi connectivity index (χ1) is 12.2. The van der Waals surface area contributed by atoms with E-state index in [-0.39, 0.29) is 6.03 Å². The number of pyridine rings is 1. The maximum absolute atomic E-state index is 12.5. The number of H-pyrrole nitrogens is 1. The van der Waals surface area contributed by atoms with E-state index in [9.17, 15) is 4.79 Å². The SMILES string of the molecule is O=C(Nc1ccc2cn[nH]c2c1)N1CCN(c2ncccc2Br)CC1. The summed E-state index contributed by atoms with van der Waals surface area (Å²) in [4.78, 5) is 20.9. The van der Waals surface area contributed by atoms with Crippen molar-refractivity contribution in [3.8, 4) is 0 Å². The summed E-state index contributed by atoms with van der Waals surface area (Å²) in [7, 11) is 0. The van der Waals surface area contributed by atoms with Gasteiger partial charge < -0.3 is 15.1 Å². The Labute approximate surface area is 153 Å². The molecule has 3 heterocycles. The van der Waals surface area contributed by atoms with Crippen molar-refractivity contribution in [3.63, 3.8) is 0 Å². The highest BCUT2D eigenvalue weighted by molar-refractivity contribution is 9.10. The van der Waals surface area contributed by atoms with Crippen LogP contribution in [0.3, 0.4) is 0 Å². The number of aromatic nitrogens is 3. The molecule has 1 aromatic carbocycles. The van der Waals surface area contributed by atoms with Crippen LogP contribution in [0.15, 0.2) is 47.2 Å². The Morgan fingerprint density at radius 2 is 2.04 bits per heavy atom. The number of hydrogen-bond acceptors (Lipinski definition) is 4. The Hall–Kier alpha value is -2.61. The minimum atomic E-state index is -0.0846. The topological polar surface area (TPSA) is 77.2 Å². The quantitative estimate of drug-likeness (QED) is 0.692. The van der Waals surface area contributed by atoms with Crippen molar-refractivity contribution in [1.82, 2.24) is 20.1 Å². The number of benzene rings is 1. The third-order valence-electron chi connectivity index (χ3n) is 4.30. The first-order valence-corrected chi connectivity index (χ1v) is 8.84. The summed E-state index contributed by atoms with van der Waals surface area (Å²) in [5, 5.41) is 10.9. The van der Waals surface area contributed by atoms with Gasteiger partial charge in [-0.05, 0) is 46.3 Å². The second-order valence-electron chi connectivity index (χ2n) is 5.89. The molecule has 1 aliphatic heterocycles. The number of halogens is 1. The van der Waals surface area contributed by atoms with Crippen molar-refractivity contribution >= 4 is 44.4 Å². The van der Waals surface area contributed by atoms with Crippen LogP contribution < -0.4 is 10.2 Å². The average Bonchev–Trinajstić information content (AvgIpc) is 3.10. The normalized spacial score (nSPS) is 14.8. The zero-order chi connectivity index (χ0) is 17.2. The van der Waals surface area contributed by atoms with E-state index in [4.69, 9.17) is 0 Å². The van der Waals surface area contributed by atoms with Gasteiger partial charge in [0.05, 0.1) is 16.2 Å². The number of rotatable bonds is 2. The molecule has 2 amide bonds. The molecule has 0 radical (unpaired) electrons. The Morgan fingerprint density at radius 1 is 1.20 bits per heavy atom. The van der Waals surface area contributed by atoms with Gasteiger partial charge in [-0.25, -0.2) is 9.78 Å². The molecule has 0 unspecified atom stereocenters. The van der Waals surface area contributed by atoms with Crippen LogP contribution in [0.5, 0.6) is 0 Å². The van der Waals surface area contributed by atoms with Crippen LogP contribution in [-0.2, 0) is 0 Å². The van der Waals surface area contributed by atoms with E-state index in [1.165, 1.54) is 0 Å². The third-order valence-corrected chi connectivity index (χ3v) is 4.92. The molecule has 2 aromatic heterocycles. The van der Waals surface area contributed by atoms with Gasteiger partial charge in [0.25, 0.3) is 0 Å². The molecule has 8 heteroatoms. The van der Waals surface area contributed by atoms with Gasteiger partial charge in [-0.15, -0.1) is 0 Å². The Balaban J connectivity index is 1.38. The lowest BCUT2D eigenvalue weighted by molar-refractivity contribution is 0.208. The van der Waals surface area contributed by atoms with E-state index < -0.39 is 0 Å².